The fourth-order valence-corrected chi connectivity index (χ4v) is 3.86. The van der Waals surface area contributed by atoms with Crippen molar-refractivity contribution < 1.29 is 13.9 Å². The summed E-state index contributed by atoms with van der Waals surface area (Å²) < 4.78 is 11.9. The van der Waals surface area contributed by atoms with E-state index in [1.165, 1.54) is 0 Å². The molecule has 5 nitrogen and oxygen atoms in total. The monoisotopic (exact) mass is 377 g/mol. The molecule has 0 radical (unpaired) electrons. The zero-order valence-corrected chi connectivity index (χ0v) is 16.3. The third-order valence-corrected chi connectivity index (χ3v) is 5.12. The van der Waals surface area contributed by atoms with Crippen LogP contribution < -0.4 is 5.43 Å². The minimum Gasteiger partial charge on any atom is -0.455 e. The Labute approximate surface area is 163 Å². The van der Waals surface area contributed by atoms with Gasteiger partial charge in [-0.05, 0) is 32.9 Å². The lowest BCUT2D eigenvalue weighted by Crippen LogP contribution is -2.48. The van der Waals surface area contributed by atoms with E-state index in [9.17, 15) is 9.59 Å². The summed E-state index contributed by atoms with van der Waals surface area (Å²) in [5, 5.41) is 0.428. The summed E-state index contributed by atoms with van der Waals surface area (Å²) in [5.74, 6) is 0.362. The first kappa shape index (κ1) is 18.4. The van der Waals surface area contributed by atoms with Crippen molar-refractivity contribution in [3.8, 4) is 11.3 Å². The zero-order chi connectivity index (χ0) is 19.8. The molecular weight excluding hydrogens is 354 g/mol. The van der Waals surface area contributed by atoms with E-state index in [1.807, 2.05) is 44.2 Å². The van der Waals surface area contributed by atoms with Crippen LogP contribution in [0.25, 0.3) is 22.3 Å². The highest BCUT2D eigenvalue weighted by molar-refractivity contribution is 6.05. The summed E-state index contributed by atoms with van der Waals surface area (Å²) in [5.41, 5.74) is 1.99. The number of rotatable bonds is 2. The molecule has 1 aromatic heterocycles. The summed E-state index contributed by atoms with van der Waals surface area (Å²) in [7, 11) is 0. The molecule has 4 rings (SSSR count). The summed E-state index contributed by atoms with van der Waals surface area (Å²) in [4.78, 5) is 28.0. The number of carbonyl (C=O) groups is 1. The maximum absolute atomic E-state index is 13.3. The SMILES string of the molecule is Cc1c(-c2ccccc2)oc2c(C(=O)N3C[C@@H](C)O[C@@H](C)C3)cccc2c1=O. The lowest BCUT2D eigenvalue weighted by Gasteiger charge is -2.35. The molecule has 2 heterocycles. The van der Waals surface area contributed by atoms with Gasteiger partial charge in [0, 0.05) is 24.2 Å². The lowest BCUT2D eigenvalue weighted by molar-refractivity contribution is -0.0585. The highest BCUT2D eigenvalue weighted by atomic mass is 16.5. The minimum atomic E-state index is -0.140. The maximum atomic E-state index is 13.3. The topological polar surface area (TPSA) is 59.8 Å². The van der Waals surface area contributed by atoms with E-state index in [4.69, 9.17) is 9.15 Å². The number of carbonyl (C=O) groups excluding carboxylic acids is 1. The van der Waals surface area contributed by atoms with Gasteiger partial charge in [-0.3, -0.25) is 9.59 Å². The van der Waals surface area contributed by atoms with Gasteiger partial charge in [-0.2, -0.15) is 0 Å². The first-order chi connectivity index (χ1) is 13.5. The number of para-hydroxylation sites is 1. The van der Waals surface area contributed by atoms with Gasteiger partial charge in [0.1, 0.15) is 5.76 Å². The Bertz CT molecular complexity index is 1080. The van der Waals surface area contributed by atoms with Crippen LogP contribution in [0, 0.1) is 6.92 Å². The fraction of sp³-hybridized carbons (Fsp3) is 0.304. The number of hydrogen-bond acceptors (Lipinski definition) is 4. The predicted molar refractivity (Wildman–Crippen MR) is 109 cm³/mol. The van der Waals surface area contributed by atoms with Gasteiger partial charge in [0.05, 0.1) is 23.2 Å². The molecule has 0 N–H and O–H groups in total. The van der Waals surface area contributed by atoms with Crippen LogP contribution in [0.3, 0.4) is 0 Å². The molecule has 2 aromatic carbocycles. The quantitative estimate of drug-likeness (QED) is 0.677. The van der Waals surface area contributed by atoms with Gasteiger partial charge in [0.25, 0.3) is 5.91 Å². The molecule has 28 heavy (non-hydrogen) atoms. The average molecular weight is 377 g/mol. The summed E-state index contributed by atoms with van der Waals surface area (Å²) >= 11 is 0. The molecule has 1 fully saturated rings. The van der Waals surface area contributed by atoms with Crippen molar-refractivity contribution in [2.75, 3.05) is 13.1 Å². The van der Waals surface area contributed by atoms with Crippen molar-refractivity contribution in [3.05, 3.63) is 69.9 Å². The van der Waals surface area contributed by atoms with Crippen LogP contribution in [0.4, 0.5) is 0 Å². The van der Waals surface area contributed by atoms with Crippen LogP contribution in [0.5, 0.6) is 0 Å². The Balaban J connectivity index is 1.87. The lowest BCUT2D eigenvalue weighted by atomic mass is 10.0. The van der Waals surface area contributed by atoms with Crippen molar-refractivity contribution in [3.63, 3.8) is 0 Å². The standard InChI is InChI=1S/C23H23NO4/c1-14-12-24(13-15(2)27-14)23(26)19-11-7-10-18-20(25)16(3)21(28-22(18)19)17-8-5-4-6-9-17/h4-11,14-15H,12-13H2,1-3H3/t14-,15+. The van der Waals surface area contributed by atoms with Crippen LogP contribution >= 0.6 is 0 Å². The Kier molecular flexibility index (Phi) is 4.77. The molecule has 5 heteroatoms. The second kappa shape index (κ2) is 7.24. The molecule has 0 aliphatic carbocycles. The number of morpholine rings is 1. The Morgan fingerprint density at radius 2 is 1.68 bits per heavy atom. The summed E-state index contributed by atoms with van der Waals surface area (Å²) in [6.07, 6.45) is -0.0615. The van der Waals surface area contributed by atoms with Gasteiger partial charge in [-0.25, -0.2) is 0 Å². The van der Waals surface area contributed by atoms with Crippen LogP contribution in [-0.4, -0.2) is 36.1 Å². The molecule has 1 amide bonds. The second-order valence-electron chi connectivity index (χ2n) is 7.40. The molecule has 1 aliphatic heterocycles. The number of fused-ring (bicyclic) bond motifs is 1. The van der Waals surface area contributed by atoms with Crippen LogP contribution in [0.2, 0.25) is 0 Å². The minimum absolute atomic E-state index is 0.0307. The Morgan fingerprint density at radius 1 is 1.00 bits per heavy atom. The normalized spacial score (nSPS) is 19.8. The van der Waals surface area contributed by atoms with E-state index in [0.29, 0.717) is 40.9 Å². The van der Waals surface area contributed by atoms with E-state index < -0.39 is 0 Å². The number of nitrogens with zero attached hydrogens (tertiary/aromatic N) is 1. The van der Waals surface area contributed by atoms with Crippen LogP contribution in [0.1, 0.15) is 29.8 Å². The smallest absolute Gasteiger partial charge is 0.257 e. The third-order valence-electron chi connectivity index (χ3n) is 5.12. The van der Waals surface area contributed by atoms with E-state index in [2.05, 4.69) is 0 Å². The Hall–Kier alpha value is -2.92. The summed E-state index contributed by atoms with van der Waals surface area (Å²) in [6, 6.07) is 14.7. The van der Waals surface area contributed by atoms with Crippen molar-refractivity contribution in [1.82, 2.24) is 4.90 Å². The van der Waals surface area contributed by atoms with Crippen molar-refractivity contribution in [1.29, 1.82) is 0 Å². The van der Waals surface area contributed by atoms with Gasteiger partial charge in [-0.15, -0.1) is 0 Å². The molecule has 1 saturated heterocycles. The number of amides is 1. The third kappa shape index (κ3) is 3.22. The summed E-state index contributed by atoms with van der Waals surface area (Å²) in [6.45, 7) is 6.70. The largest absolute Gasteiger partial charge is 0.455 e. The average Bonchev–Trinajstić information content (AvgIpc) is 2.69. The predicted octanol–water partition coefficient (Wildman–Crippen LogP) is 4.02. The van der Waals surface area contributed by atoms with Crippen molar-refractivity contribution in [2.24, 2.45) is 0 Å². The molecule has 2 atom stereocenters. The molecule has 144 valence electrons. The van der Waals surface area contributed by atoms with E-state index in [1.54, 1.807) is 30.0 Å². The Morgan fingerprint density at radius 3 is 2.36 bits per heavy atom. The van der Waals surface area contributed by atoms with Gasteiger partial charge in [0.2, 0.25) is 0 Å². The van der Waals surface area contributed by atoms with Crippen molar-refractivity contribution in [2.45, 2.75) is 33.0 Å². The van der Waals surface area contributed by atoms with E-state index >= 15 is 0 Å². The number of ether oxygens (including phenoxy) is 1. The molecule has 1 aliphatic rings. The van der Waals surface area contributed by atoms with Crippen LogP contribution in [0.15, 0.2) is 57.7 Å². The first-order valence-electron chi connectivity index (χ1n) is 9.52. The molecule has 0 saturated carbocycles. The fourth-order valence-electron chi connectivity index (χ4n) is 3.86. The van der Waals surface area contributed by atoms with E-state index in [-0.39, 0.29) is 23.5 Å². The zero-order valence-electron chi connectivity index (χ0n) is 16.3. The molecule has 0 spiro atoms. The number of benzene rings is 2. The van der Waals surface area contributed by atoms with Gasteiger partial charge in [0.15, 0.2) is 11.0 Å². The highest BCUT2D eigenvalue weighted by Gasteiger charge is 2.28. The molecule has 3 aromatic rings. The number of hydrogen-bond donors (Lipinski definition) is 0. The second-order valence-corrected chi connectivity index (χ2v) is 7.40. The molecule has 0 unspecified atom stereocenters. The van der Waals surface area contributed by atoms with Gasteiger partial charge >= 0.3 is 0 Å². The maximum Gasteiger partial charge on any atom is 0.257 e. The van der Waals surface area contributed by atoms with Gasteiger partial charge in [-0.1, -0.05) is 36.4 Å². The molecular formula is C23H23NO4. The molecule has 0 bridgehead atoms. The van der Waals surface area contributed by atoms with E-state index in [0.717, 1.165) is 5.56 Å². The van der Waals surface area contributed by atoms with Gasteiger partial charge < -0.3 is 14.1 Å². The van der Waals surface area contributed by atoms with Crippen molar-refractivity contribution >= 4 is 16.9 Å². The highest BCUT2D eigenvalue weighted by Crippen LogP contribution is 2.28. The first-order valence-corrected chi connectivity index (χ1v) is 9.52. The van der Waals surface area contributed by atoms with Crippen LogP contribution in [-0.2, 0) is 4.74 Å².